The molecule has 6 rings (SSSR count). The largest absolute Gasteiger partial charge is 0.390 e. The van der Waals surface area contributed by atoms with Gasteiger partial charge in [0.05, 0.1) is 33.3 Å². The van der Waals surface area contributed by atoms with Crippen LogP contribution in [0.3, 0.4) is 0 Å². The second kappa shape index (κ2) is 42.4. The SMILES string of the molecule is C.CC(C)(C)C1CC(C(=O)CO)C1.CC(C)C(=N)CO.CC(C)C(=O)c1ccccn1.CC(C)C(=O)c1cccnc1.CC(C)C(=O)c1cccnc1.CC(C)S(=O)(=O)c1cc[nH]c1.CC(C)S(=O)(=O)c1ccn(C)c1.CCC(=O)CC(=O)C(C)C. The zero-order valence-corrected chi connectivity index (χ0v) is 55.5. The van der Waals surface area contributed by atoms with Crippen LogP contribution in [0.15, 0.2) is 120 Å². The van der Waals surface area contributed by atoms with Crippen LogP contribution in [-0.4, -0.2) is 116 Å². The molecule has 20 heteroatoms. The summed E-state index contributed by atoms with van der Waals surface area (Å²) in [5.74, 6) is 1.67. The van der Waals surface area contributed by atoms with Crippen molar-refractivity contribution in [2.24, 2.45) is 53.9 Å². The monoisotopic (exact) mass is 1240 g/mol. The van der Waals surface area contributed by atoms with Crippen molar-refractivity contribution in [2.75, 3.05) is 13.2 Å². The van der Waals surface area contributed by atoms with Gasteiger partial charge in [0, 0.05) is 116 Å². The molecule has 5 heterocycles. The van der Waals surface area contributed by atoms with Gasteiger partial charge in [-0.2, -0.15) is 0 Å². The Morgan fingerprint density at radius 1 is 0.640 bits per heavy atom. The first kappa shape index (κ1) is 83.7. The molecule has 0 saturated heterocycles. The second-order valence-electron chi connectivity index (χ2n) is 23.4. The number of nitrogens with one attached hydrogen (secondary N) is 2. The molecular weight excluding hydrogens is 1130 g/mol. The Kier molecular flexibility index (Phi) is 41.3. The van der Waals surface area contributed by atoms with Crippen LogP contribution in [0.5, 0.6) is 0 Å². The molecule has 482 valence electrons. The van der Waals surface area contributed by atoms with E-state index in [0.717, 1.165) is 12.8 Å². The van der Waals surface area contributed by atoms with E-state index in [0.29, 0.717) is 50.1 Å². The topological polar surface area (TPSA) is 294 Å². The average Bonchev–Trinajstić information content (AvgIpc) is 3.63. The van der Waals surface area contributed by atoms with Gasteiger partial charge in [-0.05, 0) is 106 Å². The molecule has 1 saturated carbocycles. The van der Waals surface area contributed by atoms with Crippen LogP contribution in [0.2, 0.25) is 0 Å². The molecule has 0 aromatic carbocycles. The van der Waals surface area contributed by atoms with E-state index in [1.165, 1.54) is 6.20 Å². The summed E-state index contributed by atoms with van der Waals surface area (Å²) >= 11 is 0. The molecule has 18 nitrogen and oxygen atoms in total. The van der Waals surface area contributed by atoms with Gasteiger partial charge in [0.2, 0.25) is 0 Å². The maximum atomic E-state index is 11.5. The number of H-pyrrole nitrogens is 1. The Morgan fingerprint density at radius 3 is 1.41 bits per heavy atom. The highest BCUT2D eigenvalue weighted by Crippen LogP contribution is 2.45. The van der Waals surface area contributed by atoms with Crippen LogP contribution in [0.25, 0.3) is 0 Å². The van der Waals surface area contributed by atoms with Gasteiger partial charge < -0.3 is 25.2 Å². The van der Waals surface area contributed by atoms with Gasteiger partial charge in [-0.3, -0.25) is 43.7 Å². The van der Waals surface area contributed by atoms with Gasteiger partial charge in [0.25, 0.3) is 0 Å². The Labute approximate surface area is 515 Å². The fraction of sp³-hybridized carbons (Fsp3) is 0.545. The van der Waals surface area contributed by atoms with Crippen LogP contribution < -0.4 is 0 Å². The highest BCUT2D eigenvalue weighted by atomic mass is 32.2. The molecule has 1 fully saturated rings. The Balaban J connectivity index is -0.000000917. The maximum absolute atomic E-state index is 11.5. The Morgan fingerprint density at radius 2 is 1.12 bits per heavy atom. The summed E-state index contributed by atoms with van der Waals surface area (Å²) in [5, 5.41) is 23.1. The minimum absolute atomic E-state index is 0. The first-order valence-electron chi connectivity index (χ1n) is 28.8. The molecule has 86 heavy (non-hydrogen) atoms. The minimum Gasteiger partial charge on any atom is -0.390 e. The second-order valence-corrected chi connectivity index (χ2v) is 28.4. The molecule has 5 aromatic heterocycles. The standard InChI is InChI=1S/C10H18O2.3C9H11NO.C8H13NO2S.C8H14O2.C7H11NO2S.C5H11NO.CH4/c1-10(2,3)8-4-7(5-8)9(12)6-11;2*1-7(2)9(11)8-4-3-5-10-6-8;1-7(2)9(11)8-5-3-4-6-10-8;1-7(2)12(10,11)8-4-5-9(3)6-8;1-4-7(9)5-8(10)6(2)3;1-6(2)11(9,10)7-3-4-8-5-7;1-4(2)5(6)3-7;/h7-8,11H,4-6H2,1-3H3;3*3-7H,1-2H3;4-7H,1-3H3;6H,4-5H2,1-3H3;3-6,8H,1-2H3;4,6-7H,3H2,1-2H3;1H4. The molecule has 0 unspecified atom stereocenters. The number of aromatic amines is 1. The van der Waals surface area contributed by atoms with E-state index in [4.69, 9.17) is 15.6 Å². The Hall–Kier alpha value is -6.48. The first-order valence-corrected chi connectivity index (χ1v) is 31.9. The van der Waals surface area contributed by atoms with Crippen molar-refractivity contribution in [1.82, 2.24) is 24.5 Å². The summed E-state index contributed by atoms with van der Waals surface area (Å²) < 4.78 is 47.5. The first-order chi connectivity index (χ1) is 39.3. The summed E-state index contributed by atoms with van der Waals surface area (Å²) in [6, 6.07) is 15.7. The number of pyridine rings is 3. The van der Waals surface area contributed by atoms with E-state index in [1.54, 1.807) is 144 Å². The third-order valence-corrected chi connectivity index (χ3v) is 17.2. The van der Waals surface area contributed by atoms with Crippen LogP contribution >= 0.6 is 0 Å². The molecule has 0 aliphatic heterocycles. The summed E-state index contributed by atoms with van der Waals surface area (Å²) in [5.41, 5.74) is 2.68. The van der Waals surface area contributed by atoms with E-state index in [1.807, 2.05) is 75.3 Å². The molecule has 1 aliphatic carbocycles. The zero-order valence-electron chi connectivity index (χ0n) is 53.9. The lowest BCUT2D eigenvalue weighted by molar-refractivity contribution is -0.131. The summed E-state index contributed by atoms with van der Waals surface area (Å²) in [4.78, 5) is 81.7. The fourth-order valence-electron chi connectivity index (χ4n) is 6.59. The molecule has 0 amide bonds. The number of nitrogens with zero attached hydrogens (tertiary/aromatic N) is 4. The van der Waals surface area contributed by atoms with Crippen molar-refractivity contribution >= 4 is 60.1 Å². The van der Waals surface area contributed by atoms with Gasteiger partial charge in [0.15, 0.2) is 42.8 Å². The average molecular weight is 1240 g/mol. The lowest BCUT2D eigenvalue weighted by atomic mass is 9.62. The molecule has 4 N–H and O–H groups in total. The molecule has 5 aromatic rings. The van der Waals surface area contributed by atoms with E-state index in [9.17, 15) is 45.6 Å². The molecule has 0 bridgehead atoms. The third-order valence-electron chi connectivity index (χ3n) is 12.9. The number of aryl methyl sites for hydroxylation is 1. The van der Waals surface area contributed by atoms with Crippen molar-refractivity contribution in [3.05, 3.63) is 127 Å². The lowest BCUT2D eigenvalue weighted by Gasteiger charge is -2.42. The van der Waals surface area contributed by atoms with Gasteiger partial charge in [-0.25, -0.2) is 16.8 Å². The normalized spacial score (nSPS) is 13.3. The smallest absolute Gasteiger partial charge is 0.183 e. The summed E-state index contributed by atoms with van der Waals surface area (Å²) in [6.07, 6.45) is 17.2. The van der Waals surface area contributed by atoms with Crippen molar-refractivity contribution < 1.29 is 55.8 Å². The lowest BCUT2D eigenvalue weighted by Crippen LogP contribution is -2.38. The molecule has 0 radical (unpaired) electrons. The van der Waals surface area contributed by atoms with E-state index >= 15 is 0 Å². The molecule has 1 aliphatic rings. The summed E-state index contributed by atoms with van der Waals surface area (Å²) in [6.45, 7) is 33.4. The molecule has 0 spiro atoms. The molecule has 0 atom stereocenters. The van der Waals surface area contributed by atoms with Crippen LogP contribution in [0.1, 0.15) is 189 Å². The van der Waals surface area contributed by atoms with Crippen molar-refractivity contribution in [1.29, 1.82) is 5.41 Å². The Bertz CT molecular complexity index is 2830. The number of hydrogen-bond donors (Lipinski definition) is 4. The summed E-state index contributed by atoms with van der Waals surface area (Å²) in [7, 11) is -4.34. The number of aliphatic hydroxyl groups excluding tert-OH is 2. The predicted octanol–water partition coefficient (Wildman–Crippen LogP) is 12.7. The van der Waals surface area contributed by atoms with Gasteiger partial charge in [-0.1, -0.05) is 110 Å². The van der Waals surface area contributed by atoms with Crippen LogP contribution in [0.4, 0.5) is 0 Å². The third kappa shape index (κ3) is 32.9. The van der Waals surface area contributed by atoms with Crippen molar-refractivity contribution in [3.63, 3.8) is 0 Å². The predicted molar refractivity (Wildman–Crippen MR) is 345 cm³/mol. The molecular formula is C66H104N6O12S2. The van der Waals surface area contributed by atoms with E-state index < -0.39 is 19.7 Å². The number of rotatable bonds is 18. The number of carbonyl (C=O) groups is 6. The van der Waals surface area contributed by atoms with E-state index in [-0.39, 0.29) is 108 Å². The maximum Gasteiger partial charge on any atom is 0.183 e. The van der Waals surface area contributed by atoms with E-state index in [2.05, 4.69) is 40.7 Å². The highest BCUT2D eigenvalue weighted by Gasteiger charge is 2.40. The number of sulfone groups is 2. The number of ketones is 6. The van der Waals surface area contributed by atoms with Crippen LogP contribution in [0, 0.1) is 52.2 Å². The number of aromatic nitrogens is 5. The van der Waals surface area contributed by atoms with Gasteiger partial charge >= 0.3 is 0 Å². The van der Waals surface area contributed by atoms with Gasteiger partial charge in [-0.15, -0.1) is 0 Å². The number of hydrogen-bond acceptors (Lipinski definition) is 16. The number of aliphatic hydroxyl groups is 2. The van der Waals surface area contributed by atoms with Crippen LogP contribution in [-0.2, 0) is 41.1 Å². The number of Topliss-reactive ketones (excluding diaryl/α,β-unsaturated/α-hetero) is 6. The highest BCUT2D eigenvalue weighted by molar-refractivity contribution is 7.92. The van der Waals surface area contributed by atoms with Crippen molar-refractivity contribution in [2.45, 2.75) is 178 Å². The quantitative estimate of drug-likeness (QED) is 0.0360. The minimum atomic E-state index is -3.08. The number of carbonyl (C=O) groups excluding carboxylic acids is 6. The van der Waals surface area contributed by atoms with Crippen molar-refractivity contribution in [3.8, 4) is 0 Å². The fourth-order valence-corrected chi connectivity index (χ4v) is 8.73. The van der Waals surface area contributed by atoms with Gasteiger partial charge in [0.1, 0.15) is 23.9 Å². The zero-order chi connectivity index (χ0) is 66.0.